The molecule has 176 valence electrons. The fourth-order valence-corrected chi connectivity index (χ4v) is 3.89. The fraction of sp³-hybridized carbons (Fsp3) is 0.400. The number of nitrogens with one attached hydrogen (secondary N) is 2. The van der Waals surface area contributed by atoms with Crippen molar-refractivity contribution in [3.8, 4) is 6.01 Å². The van der Waals surface area contributed by atoms with E-state index in [4.69, 9.17) is 14.2 Å². The summed E-state index contributed by atoms with van der Waals surface area (Å²) in [5.41, 5.74) is -1.72. The summed E-state index contributed by atoms with van der Waals surface area (Å²) in [6.07, 6.45) is -7.31. The number of imidazole rings is 1. The predicted molar refractivity (Wildman–Crippen MR) is 102 cm³/mol. The predicted octanol–water partition coefficient (Wildman–Crippen LogP) is 2.77. The van der Waals surface area contributed by atoms with Gasteiger partial charge in [0.1, 0.15) is 41.3 Å². The van der Waals surface area contributed by atoms with Crippen LogP contribution in [0.15, 0.2) is 24.3 Å². The number of hydrogen-bond acceptors (Lipinski definition) is 7. The first kappa shape index (κ1) is 21.8. The van der Waals surface area contributed by atoms with Gasteiger partial charge < -0.3 is 29.6 Å². The van der Waals surface area contributed by atoms with Gasteiger partial charge in [0, 0.05) is 12.1 Å². The average molecular weight is 472 g/mol. The molecule has 0 aliphatic carbocycles. The minimum atomic E-state index is -4.80. The minimum absolute atomic E-state index is 0.0530. The number of H-pyrrole nitrogens is 1. The third-order valence-electron chi connectivity index (χ3n) is 5.50. The molecule has 2 fully saturated rings. The van der Waals surface area contributed by atoms with Gasteiger partial charge in [0.15, 0.2) is 11.8 Å². The van der Waals surface area contributed by atoms with Gasteiger partial charge in [-0.1, -0.05) is 6.07 Å². The smallest absolute Gasteiger partial charge is 0.420 e. The average Bonchev–Trinajstić information content (AvgIpc) is 3.43. The second-order valence-corrected chi connectivity index (χ2v) is 7.67. The molecule has 33 heavy (non-hydrogen) atoms. The molecule has 5 rings (SSSR count). The number of anilines is 1. The Kier molecular flexibility index (Phi) is 5.34. The Labute approximate surface area is 182 Å². The highest BCUT2D eigenvalue weighted by molar-refractivity contribution is 5.76. The van der Waals surface area contributed by atoms with Crippen LogP contribution in [0.2, 0.25) is 0 Å². The molecular weight excluding hydrogens is 455 g/mol. The van der Waals surface area contributed by atoms with E-state index in [1.807, 2.05) is 0 Å². The summed E-state index contributed by atoms with van der Waals surface area (Å²) >= 11 is 0. The van der Waals surface area contributed by atoms with Crippen molar-refractivity contribution in [2.24, 2.45) is 0 Å². The van der Waals surface area contributed by atoms with Crippen LogP contribution in [-0.4, -0.2) is 57.7 Å². The number of benzene rings is 1. The van der Waals surface area contributed by atoms with Crippen LogP contribution in [-0.2, 0) is 22.2 Å². The van der Waals surface area contributed by atoms with E-state index in [0.717, 1.165) is 24.3 Å². The number of fused-ring (bicyclic) bond motifs is 2. The second kappa shape index (κ2) is 8.08. The molecule has 0 amide bonds. The molecule has 0 spiro atoms. The molecule has 2 aromatic heterocycles. The number of halogens is 5. The Morgan fingerprint density at radius 2 is 1.85 bits per heavy atom. The zero-order valence-electron chi connectivity index (χ0n) is 16.7. The maximum atomic E-state index is 13.9. The third-order valence-corrected chi connectivity index (χ3v) is 5.50. The highest BCUT2D eigenvalue weighted by Crippen LogP contribution is 2.36. The highest BCUT2D eigenvalue weighted by atomic mass is 19.4. The van der Waals surface area contributed by atoms with E-state index in [-0.39, 0.29) is 30.4 Å². The van der Waals surface area contributed by atoms with Gasteiger partial charge in [-0.2, -0.15) is 18.2 Å². The van der Waals surface area contributed by atoms with Gasteiger partial charge in [-0.05, 0) is 18.2 Å². The van der Waals surface area contributed by atoms with Gasteiger partial charge in [-0.25, -0.2) is 13.8 Å². The van der Waals surface area contributed by atoms with Gasteiger partial charge in [0.05, 0.1) is 18.7 Å². The van der Waals surface area contributed by atoms with Crippen LogP contribution < -0.4 is 10.1 Å². The zero-order valence-corrected chi connectivity index (χ0v) is 16.7. The first-order valence-corrected chi connectivity index (χ1v) is 9.93. The molecule has 0 saturated carbocycles. The summed E-state index contributed by atoms with van der Waals surface area (Å²) in [6.45, 7) is -0.370. The standard InChI is InChI=1S/C20H17F5N4O4/c21-10-2-1-3-11(22)8(10)5-26-17-9(20(23,24)25)4-12-18(28-17)29-19(27-12)33-14-7-32-15-13(30)6-31-16(14)15/h1-4,13-16,30H,5-7H2,(H2,26,27,28,29)/t13-,14-,15-,16-/m1/s1. The fourth-order valence-electron chi connectivity index (χ4n) is 3.89. The topological polar surface area (TPSA) is 102 Å². The molecule has 0 radical (unpaired) electrons. The van der Waals surface area contributed by atoms with Crippen LogP contribution in [0, 0.1) is 11.6 Å². The van der Waals surface area contributed by atoms with E-state index in [2.05, 4.69) is 20.3 Å². The van der Waals surface area contributed by atoms with E-state index >= 15 is 0 Å². The number of aliphatic hydroxyl groups excluding tert-OH is 1. The summed E-state index contributed by atoms with van der Waals surface area (Å²) < 4.78 is 85.2. The van der Waals surface area contributed by atoms with Gasteiger partial charge in [0.2, 0.25) is 0 Å². The Hall–Kier alpha value is -3.03. The largest absolute Gasteiger partial charge is 0.456 e. The summed E-state index contributed by atoms with van der Waals surface area (Å²) in [5, 5.41) is 12.2. The van der Waals surface area contributed by atoms with Gasteiger partial charge in [-0.3, -0.25) is 0 Å². The first-order chi connectivity index (χ1) is 15.7. The first-order valence-electron chi connectivity index (χ1n) is 9.93. The number of alkyl halides is 3. The highest BCUT2D eigenvalue weighted by Gasteiger charge is 2.48. The van der Waals surface area contributed by atoms with Crippen molar-refractivity contribution in [1.82, 2.24) is 15.0 Å². The zero-order chi connectivity index (χ0) is 23.3. The quantitative estimate of drug-likeness (QED) is 0.491. The van der Waals surface area contributed by atoms with Crippen molar-refractivity contribution < 1.29 is 41.3 Å². The number of ether oxygens (including phenoxy) is 3. The van der Waals surface area contributed by atoms with Crippen LogP contribution in [0.25, 0.3) is 11.2 Å². The van der Waals surface area contributed by atoms with E-state index in [9.17, 15) is 27.1 Å². The minimum Gasteiger partial charge on any atom is -0.456 e. The van der Waals surface area contributed by atoms with Crippen molar-refractivity contribution in [2.75, 3.05) is 18.5 Å². The third kappa shape index (κ3) is 4.07. The van der Waals surface area contributed by atoms with E-state index in [0.29, 0.717) is 0 Å². The number of hydrogen-bond donors (Lipinski definition) is 3. The van der Waals surface area contributed by atoms with Crippen molar-refractivity contribution in [3.05, 3.63) is 47.0 Å². The van der Waals surface area contributed by atoms with E-state index in [1.165, 1.54) is 0 Å². The number of nitrogens with zero attached hydrogens (tertiary/aromatic N) is 2. The molecule has 13 heteroatoms. The van der Waals surface area contributed by atoms with E-state index < -0.39 is 65.7 Å². The molecule has 1 aromatic carbocycles. The lowest BCUT2D eigenvalue weighted by Crippen LogP contribution is -2.34. The summed E-state index contributed by atoms with van der Waals surface area (Å²) in [6, 6.07) is 3.83. The summed E-state index contributed by atoms with van der Waals surface area (Å²) in [5.74, 6) is -2.44. The monoisotopic (exact) mass is 472 g/mol. The number of aromatic amines is 1. The van der Waals surface area contributed by atoms with Gasteiger partial charge in [-0.15, -0.1) is 0 Å². The van der Waals surface area contributed by atoms with Crippen LogP contribution in [0.4, 0.5) is 27.8 Å². The Bertz CT molecular complexity index is 1170. The lowest BCUT2D eigenvalue weighted by atomic mass is 10.1. The Morgan fingerprint density at radius 3 is 2.58 bits per heavy atom. The summed E-state index contributed by atoms with van der Waals surface area (Å²) in [7, 11) is 0. The van der Waals surface area contributed by atoms with Gasteiger partial charge in [0.25, 0.3) is 6.01 Å². The maximum Gasteiger partial charge on any atom is 0.420 e. The SMILES string of the molecule is O[C@@H]1CO[C@H]2[C@@H]1OC[C@H]2Oc1nc2nc(NCc3c(F)cccc3F)c(C(F)(F)F)cc2[nH]1. The van der Waals surface area contributed by atoms with Crippen molar-refractivity contribution in [3.63, 3.8) is 0 Å². The summed E-state index contributed by atoms with van der Waals surface area (Å²) in [4.78, 5) is 10.6. The van der Waals surface area contributed by atoms with Gasteiger partial charge >= 0.3 is 6.18 Å². The number of pyridine rings is 1. The Morgan fingerprint density at radius 1 is 1.12 bits per heavy atom. The van der Waals surface area contributed by atoms with Crippen LogP contribution in [0.5, 0.6) is 6.01 Å². The number of rotatable bonds is 5. The molecule has 8 nitrogen and oxygen atoms in total. The molecule has 0 bridgehead atoms. The Balaban J connectivity index is 1.42. The van der Waals surface area contributed by atoms with Crippen molar-refractivity contribution in [2.45, 2.75) is 37.1 Å². The van der Waals surface area contributed by atoms with Crippen molar-refractivity contribution in [1.29, 1.82) is 0 Å². The molecule has 3 N–H and O–H groups in total. The second-order valence-electron chi connectivity index (χ2n) is 7.67. The van der Waals surface area contributed by atoms with Crippen LogP contribution >= 0.6 is 0 Å². The maximum absolute atomic E-state index is 13.9. The molecule has 2 aliphatic heterocycles. The lowest BCUT2D eigenvalue weighted by molar-refractivity contribution is -0.137. The van der Waals surface area contributed by atoms with Crippen LogP contribution in [0.1, 0.15) is 11.1 Å². The molecule has 0 unspecified atom stereocenters. The van der Waals surface area contributed by atoms with Crippen molar-refractivity contribution >= 4 is 17.0 Å². The molecule has 3 aromatic rings. The molecule has 2 saturated heterocycles. The van der Waals surface area contributed by atoms with Crippen LogP contribution in [0.3, 0.4) is 0 Å². The molecule has 4 heterocycles. The lowest BCUT2D eigenvalue weighted by Gasteiger charge is -2.15. The normalized spacial score (nSPS) is 24.9. The molecule has 4 atom stereocenters. The number of aliphatic hydroxyl groups is 1. The molecular formula is C20H17F5N4O4. The number of aromatic nitrogens is 3. The molecule has 2 aliphatic rings. The van der Waals surface area contributed by atoms with E-state index in [1.54, 1.807) is 0 Å².